The molecule has 0 heterocycles. The van der Waals surface area contributed by atoms with Gasteiger partial charge in [0.2, 0.25) is 0 Å². The summed E-state index contributed by atoms with van der Waals surface area (Å²) in [7, 11) is 0. The van der Waals surface area contributed by atoms with Gasteiger partial charge in [0.25, 0.3) is 0 Å². The highest BCUT2D eigenvalue weighted by Crippen LogP contribution is 2.06. The molecule has 0 N–H and O–H groups in total. The fourth-order valence-corrected chi connectivity index (χ4v) is 1.06. The minimum Gasteiger partial charge on any atom is -0.117 e. The molecule has 0 rings (SSSR count). The zero-order valence-electron chi connectivity index (χ0n) is 5.28. The molecule has 1 heteroatoms. The van der Waals surface area contributed by atoms with E-state index in [0.29, 0.717) is 0 Å². The second-order valence-corrected chi connectivity index (χ2v) is 2.67. The Bertz CT molecular complexity index is 35.2. The van der Waals surface area contributed by atoms with Crippen molar-refractivity contribution >= 4 is 16.3 Å². The van der Waals surface area contributed by atoms with Gasteiger partial charge in [-0.1, -0.05) is 26.7 Å². The maximum atomic E-state index is 2.75. The van der Waals surface area contributed by atoms with Crippen LogP contribution in [0.4, 0.5) is 0 Å². The molecule has 2 radical (unpaired) electrons. The van der Waals surface area contributed by atoms with Crippen molar-refractivity contribution in [3.05, 3.63) is 0 Å². The molecule has 0 aromatic carbocycles. The van der Waals surface area contributed by atoms with E-state index >= 15 is 0 Å². The molecule has 0 aromatic heterocycles. The second kappa shape index (κ2) is 4.69. The van der Waals surface area contributed by atoms with Gasteiger partial charge in [0.05, 0.1) is 0 Å². The van der Waals surface area contributed by atoms with Crippen LogP contribution < -0.4 is 0 Å². The molecule has 1 atom stereocenters. The Morgan fingerprint density at radius 1 is 1.57 bits per heavy atom. The fourth-order valence-electron chi connectivity index (χ4n) is 0.489. The minimum absolute atomic E-state index is 0.928. The monoisotopic (exact) mass is 112 g/mol. The zero-order chi connectivity index (χ0) is 5.70. The lowest BCUT2D eigenvalue weighted by Gasteiger charge is -2.03. The summed E-state index contributed by atoms with van der Waals surface area (Å²) in [6, 6.07) is 0. The van der Waals surface area contributed by atoms with E-state index in [1.54, 1.807) is 0 Å². The van der Waals surface area contributed by atoms with Gasteiger partial charge in [0, 0.05) is 0 Å². The Kier molecular flexibility index (Phi) is 5.04. The topological polar surface area (TPSA) is 0 Å². The molecule has 0 aliphatic rings. The molecule has 7 heavy (non-hydrogen) atoms. The summed E-state index contributed by atoms with van der Waals surface area (Å²) in [5.74, 6) is 0.928. The summed E-state index contributed by atoms with van der Waals surface area (Å²) in [6.07, 6.45) is 2.69. The van der Waals surface area contributed by atoms with E-state index < -0.39 is 0 Å². The van der Waals surface area contributed by atoms with Crippen LogP contribution in [-0.2, 0) is 0 Å². The molecule has 0 nitrogen and oxygen atoms in total. The van der Waals surface area contributed by atoms with Crippen molar-refractivity contribution in [1.29, 1.82) is 0 Å². The van der Waals surface area contributed by atoms with E-state index in [1.165, 1.54) is 18.1 Å². The first-order valence-corrected chi connectivity index (χ1v) is 3.83. The quantitative estimate of drug-likeness (QED) is 0.490. The Labute approximate surface area is 54.7 Å². The van der Waals surface area contributed by atoms with E-state index in [1.807, 2.05) is 0 Å². The van der Waals surface area contributed by atoms with E-state index in [-0.39, 0.29) is 0 Å². The fraction of sp³-hybridized carbons (Fsp3) is 1.00. The highest BCUT2D eigenvalue weighted by atomic mass is 27.0. The molecule has 0 amide bonds. The average Bonchev–Trinajstić information content (AvgIpc) is 1.68. The Morgan fingerprint density at radius 3 is 2.29 bits per heavy atom. The Hall–Kier alpha value is 0.532. The molecule has 1 unspecified atom stereocenters. The van der Waals surface area contributed by atoms with Crippen LogP contribution in [-0.4, -0.2) is 16.3 Å². The van der Waals surface area contributed by atoms with Crippen LogP contribution in [0.15, 0.2) is 0 Å². The maximum Gasteiger partial charge on any atom is 0.118 e. The van der Waals surface area contributed by atoms with Crippen LogP contribution in [0.3, 0.4) is 0 Å². The SMILES string of the molecule is CCC(C)C[CH2][Al]. The van der Waals surface area contributed by atoms with Gasteiger partial charge in [-0.25, -0.2) is 0 Å². The molecule has 0 aliphatic heterocycles. The van der Waals surface area contributed by atoms with E-state index in [4.69, 9.17) is 0 Å². The van der Waals surface area contributed by atoms with Crippen molar-refractivity contribution in [1.82, 2.24) is 0 Å². The summed E-state index contributed by atoms with van der Waals surface area (Å²) < 4.78 is 0. The molecule has 0 spiro atoms. The molecule has 0 fully saturated rings. The lowest BCUT2D eigenvalue weighted by Crippen LogP contribution is -1.89. The highest BCUT2D eigenvalue weighted by Gasteiger charge is 1.92. The van der Waals surface area contributed by atoms with Gasteiger partial charge in [-0.3, -0.25) is 0 Å². The van der Waals surface area contributed by atoms with Crippen LogP contribution in [0, 0.1) is 5.92 Å². The third-order valence-corrected chi connectivity index (χ3v) is 1.69. The summed E-state index contributed by atoms with van der Waals surface area (Å²) in [5.41, 5.74) is 0. The van der Waals surface area contributed by atoms with Gasteiger partial charge in [-0.05, 0) is 5.92 Å². The number of rotatable bonds is 3. The molecule has 40 valence electrons. The zero-order valence-corrected chi connectivity index (χ0v) is 6.43. The van der Waals surface area contributed by atoms with Crippen molar-refractivity contribution < 1.29 is 0 Å². The molecule has 0 aliphatic carbocycles. The highest BCUT2D eigenvalue weighted by molar-refractivity contribution is 6.08. The lowest BCUT2D eigenvalue weighted by molar-refractivity contribution is 0.544. The van der Waals surface area contributed by atoms with Gasteiger partial charge in [-0.15, -0.1) is 5.28 Å². The number of hydrogen-bond acceptors (Lipinski definition) is 0. The maximum absolute atomic E-state index is 2.75. The van der Waals surface area contributed by atoms with Crippen molar-refractivity contribution in [3.63, 3.8) is 0 Å². The van der Waals surface area contributed by atoms with E-state index in [0.717, 1.165) is 5.92 Å². The first-order valence-electron chi connectivity index (χ1n) is 3.01. The third kappa shape index (κ3) is 4.38. The predicted octanol–water partition coefficient (Wildman–Crippen LogP) is 2.01. The van der Waals surface area contributed by atoms with Crippen LogP contribution in [0.25, 0.3) is 0 Å². The first kappa shape index (κ1) is 7.53. The standard InChI is InChI=1S/C6H13.Al/c1-4-6(3)5-2;/h6H,1,4-5H2,2-3H3;. The molecular weight excluding hydrogens is 99.0 g/mol. The van der Waals surface area contributed by atoms with Gasteiger partial charge < -0.3 is 0 Å². The van der Waals surface area contributed by atoms with Gasteiger partial charge >= 0.3 is 0 Å². The summed E-state index contributed by atoms with van der Waals surface area (Å²) in [4.78, 5) is 0. The summed E-state index contributed by atoms with van der Waals surface area (Å²) in [6.45, 7) is 4.54. The summed E-state index contributed by atoms with van der Waals surface area (Å²) >= 11 is 2.75. The van der Waals surface area contributed by atoms with Gasteiger partial charge in [0.1, 0.15) is 16.3 Å². The molecule has 0 saturated carbocycles. The predicted molar refractivity (Wildman–Crippen MR) is 34.6 cm³/mol. The second-order valence-electron chi connectivity index (χ2n) is 2.09. The average molecular weight is 112 g/mol. The molecule has 0 saturated heterocycles. The molecular formula is C6H13Al. The molecule has 0 aromatic rings. The smallest absolute Gasteiger partial charge is 0.117 e. The Balaban J connectivity index is 2.83. The lowest BCUT2D eigenvalue weighted by atomic mass is 10.1. The van der Waals surface area contributed by atoms with E-state index in [2.05, 4.69) is 30.1 Å². The third-order valence-electron chi connectivity index (χ3n) is 1.36. The van der Waals surface area contributed by atoms with Crippen LogP contribution in [0.2, 0.25) is 5.28 Å². The minimum atomic E-state index is 0.928. The first-order chi connectivity index (χ1) is 3.31. The van der Waals surface area contributed by atoms with Gasteiger partial charge in [0.15, 0.2) is 0 Å². The number of hydrogen-bond donors (Lipinski definition) is 0. The largest absolute Gasteiger partial charge is 0.118 e. The normalized spacial score (nSPS) is 14.0. The van der Waals surface area contributed by atoms with Crippen molar-refractivity contribution in [2.75, 3.05) is 0 Å². The van der Waals surface area contributed by atoms with Gasteiger partial charge in [-0.2, -0.15) is 0 Å². The van der Waals surface area contributed by atoms with E-state index in [9.17, 15) is 0 Å². The van der Waals surface area contributed by atoms with Crippen LogP contribution in [0.5, 0.6) is 0 Å². The van der Waals surface area contributed by atoms with Crippen molar-refractivity contribution in [2.45, 2.75) is 32.0 Å². The molecule has 0 bridgehead atoms. The Morgan fingerprint density at radius 2 is 2.14 bits per heavy atom. The van der Waals surface area contributed by atoms with Crippen molar-refractivity contribution in [3.8, 4) is 0 Å². The summed E-state index contributed by atoms with van der Waals surface area (Å²) in [5, 5.41) is 1.26. The van der Waals surface area contributed by atoms with Crippen molar-refractivity contribution in [2.24, 2.45) is 5.92 Å². The van der Waals surface area contributed by atoms with Crippen LogP contribution in [0.1, 0.15) is 26.7 Å². The van der Waals surface area contributed by atoms with Crippen LogP contribution >= 0.6 is 0 Å².